The van der Waals surface area contributed by atoms with Crippen LogP contribution in [0.3, 0.4) is 0 Å². The van der Waals surface area contributed by atoms with E-state index in [9.17, 15) is 9.59 Å². The van der Waals surface area contributed by atoms with Gasteiger partial charge in [-0.2, -0.15) is 0 Å². The smallest absolute Gasteiger partial charge is 0.220 e. The lowest BCUT2D eigenvalue weighted by Crippen LogP contribution is -2.27. The Balaban J connectivity index is 0.000000455. The van der Waals surface area contributed by atoms with E-state index in [4.69, 9.17) is 48.7 Å². The average molecular weight is 1010 g/mol. The predicted octanol–water partition coefficient (Wildman–Crippen LogP) is 6.87. The van der Waals surface area contributed by atoms with Crippen LogP contribution < -0.4 is 31.2 Å². The average Bonchev–Trinajstić information content (AvgIpc) is 3.43. The molecule has 0 aliphatic heterocycles. The molecule has 0 fully saturated rings. The van der Waals surface area contributed by atoms with E-state index < -0.39 is 0 Å². The fourth-order valence-electron chi connectivity index (χ4n) is 6.81. The third kappa shape index (κ3) is 32.9. The summed E-state index contributed by atoms with van der Waals surface area (Å²) in [5.74, 6) is 1.58. The number of rotatable bonds is 39. The summed E-state index contributed by atoms with van der Waals surface area (Å²) >= 11 is 0. The zero-order chi connectivity index (χ0) is 51.9. The number of ether oxygens (including phenoxy) is 8. The van der Waals surface area contributed by atoms with E-state index in [0.717, 1.165) is 61.0 Å². The fraction of sp³-hybridized carbons (Fsp3) is 0.448. The first-order chi connectivity index (χ1) is 36.1. The van der Waals surface area contributed by atoms with Gasteiger partial charge in [0, 0.05) is 52.7 Å². The van der Waals surface area contributed by atoms with Crippen LogP contribution in [0.25, 0.3) is 0 Å². The van der Waals surface area contributed by atoms with E-state index in [-0.39, 0.29) is 11.8 Å². The quantitative estimate of drug-likeness (QED) is 0.0257. The minimum absolute atomic E-state index is 0.0621. The summed E-state index contributed by atoms with van der Waals surface area (Å²) in [5, 5.41) is 16.2. The molecule has 5 rings (SSSR count). The summed E-state index contributed by atoms with van der Waals surface area (Å²) in [5.41, 5.74) is 11.1. The highest BCUT2D eigenvalue weighted by atomic mass is 16.6. The Morgan fingerprint density at radius 1 is 0.425 bits per heavy atom. The van der Waals surface area contributed by atoms with Crippen LogP contribution in [0.1, 0.15) is 53.5 Å². The summed E-state index contributed by atoms with van der Waals surface area (Å²) in [7, 11) is 1.00. The number of nitrogens with one attached hydrogen (secondary N) is 3. The van der Waals surface area contributed by atoms with E-state index in [1.807, 2.05) is 109 Å². The standard InChI is InChI=1S/C39H48N2O6.C18H30N2O4.CH4O/c42-39(18-10-17-33-11-4-1-5-12-33)41-22-24-44-26-28-45-27-25-43-23-21-40-30-36-19-20-37(46-31-34-13-6-2-7-14-34)38(29-36)47-32-35-15-8-3-9-16-35;19-9-11-22-13-15-24-16-14-23-12-10-20-18(21)8-4-7-17-5-2-1-3-6-17;1-2/h1-9,11-16,19-20,29,40H,10,17-18,21-28,30-32H2,(H,41,42);1-3,5-6H,4,7-16,19H2,(H,20,21);2H,1H3. The molecule has 15 nitrogen and oxygen atoms in total. The highest BCUT2D eigenvalue weighted by Gasteiger charge is 2.09. The molecule has 400 valence electrons. The predicted molar refractivity (Wildman–Crippen MR) is 287 cm³/mol. The molecule has 0 bridgehead atoms. The second-order valence-electron chi connectivity index (χ2n) is 16.3. The van der Waals surface area contributed by atoms with Gasteiger partial charge in [-0.05, 0) is 65.6 Å². The normalized spacial score (nSPS) is 10.6. The van der Waals surface area contributed by atoms with Gasteiger partial charge in [0.15, 0.2) is 11.5 Å². The topological polar surface area (TPSA) is 190 Å². The molecule has 0 atom stereocenters. The first-order valence-corrected chi connectivity index (χ1v) is 25.5. The van der Waals surface area contributed by atoms with Gasteiger partial charge in [-0.3, -0.25) is 9.59 Å². The number of nitrogens with two attached hydrogens (primary N) is 1. The van der Waals surface area contributed by atoms with Crippen molar-refractivity contribution in [1.82, 2.24) is 16.0 Å². The van der Waals surface area contributed by atoms with Crippen molar-refractivity contribution < 1.29 is 52.6 Å². The second kappa shape index (κ2) is 43.8. The largest absolute Gasteiger partial charge is 0.485 e. The Labute approximate surface area is 434 Å². The van der Waals surface area contributed by atoms with Crippen LogP contribution in [-0.4, -0.2) is 129 Å². The first kappa shape index (κ1) is 61.6. The van der Waals surface area contributed by atoms with Crippen molar-refractivity contribution in [3.05, 3.63) is 167 Å². The second-order valence-corrected chi connectivity index (χ2v) is 16.3. The molecule has 5 aromatic rings. The Hall–Kier alpha value is -5.72. The number of hydrogen-bond acceptors (Lipinski definition) is 13. The van der Waals surface area contributed by atoms with Crippen molar-refractivity contribution in [2.45, 2.75) is 58.3 Å². The van der Waals surface area contributed by atoms with Crippen LogP contribution in [0.15, 0.2) is 140 Å². The molecule has 15 heteroatoms. The van der Waals surface area contributed by atoms with Gasteiger partial charge in [-0.1, -0.05) is 127 Å². The maximum atomic E-state index is 11.9. The number of amides is 2. The summed E-state index contributed by atoms with van der Waals surface area (Å²) in [6.07, 6.45) is 4.61. The summed E-state index contributed by atoms with van der Waals surface area (Å²) < 4.78 is 45.0. The van der Waals surface area contributed by atoms with Crippen molar-refractivity contribution in [2.24, 2.45) is 5.73 Å². The lowest BCUT2D eigenvalue weighted by Gasteiger charge is -2.15. The molecule has 0 heterocycles. The minimum Gasteiger partial charge on any atom is -0.485 e. The molecule has 5 aromatic carbocycles. The number of carbonyl (C=O) groups is 2. The van der Waals surface area contributed by atoms with Crippen LogP contribution >= 0.6 is 0 Å². The molecule has 73 heavy (non-hydrogen) atoms. The molecule has 0 spiro atoms. The Bertz CT molecular complexity index is 2060. The van der Waals surface area contributed by atoms with Crippen LogP contribution in [-0.2, 0) is 70.6 Å². The van der Waals surface area contributed by atoms with Gasteiger partial charge in [0.2, 0.25) is 11.8 Å². The maximum absolute atomic E-state index is 11.9. The highest BCUT2D eigenvalue weighted by molar-refractivity contribution is 5.76. The molecule has 0 aromatic heterocycles. The van der Waals surface area contributed by atoms with Crippen LogP contribution in [0.4, 0.5) is 0 Å². The molecule has 0 aliphatic rings. The fourth-order valence-corrected chi connectivity index (χ4v) is 6.81. The van der Waals surface area contributed by atoms with Crippen molar-refractivity contribution in [3.8, 4) is 11.5 Å². The van der Waals surface area contributed by atoms with Crippen molar-refractivity contribution in [1.29, 1.82) is 0 Å². The Morgan fingerprint density at radius 3 is 1.22 bits per heavy atom. The van der Waals surface area contributed by atoms with Gasteiger partial charge in [0.05, 0.1) is 79.3 Å². The number of aliphatic hydroxyl groups excluding tert-OH is 1. The van der Waals surface area contributed by atoms with E-state index in [1.54, 1.807) is 0 Å². The molecule has 0 saturated heterocycles. The van der Waals surface area contributed by atoms with Crippen molar-refractivity contribution >= 4 is 11.8 Å². The number of carbonyl (C=O) groups excluding carboxylic acids is 2. The Kier molecular flexibility index (Phi) is 37.0. The molecular formula is C58H82N4O11. The molecular weight excluding hydrogens is 929 g/mol. The molecule has 0 radical (unpaired) electrons. The van der Waals surface area contributed by atoms with Gasteiger partial charge in [0.1, 0.15) is 13.2 Å². The Morgan fingerprint density at radius 2 is 0.795 bits per heavy atom. The number of aryl methyl sites for hydroxylation is 2. The zero-order valence-corrected chi connectivity index (χ0v) is 43.1. The third-order valence-electron chi connectivity index (χ3n) is 10.5. The molecule has 0 saturated carbocycles. The van der Waals surface area contributed by atoms with E-state index in [0.29, 0.717) is 138 Å². The van der Waals surface area contributed by atoms with Crippen molar-refractivity contribution in [3.63, 3.8) is 0 Å². The van der Waals surface area contributed by atoms with Crippen LogP contribution in [0, 0.1) is 0 Å². The van der Waals surface area contributed by atoms with Gasteiger partial charge in [0.25, 0.3) is 0 Å². The summed E-state index contributed by atoms with van der Waals surface area (Å²) in [6, 6.07) is 46.7. The minimum atomic E-state index is 0.0621. The van der Waals surface area contributed by atoms with E-state index in [1.165, 1.54) is 11.1 Å². The van der Waals surface area contributed by atoms with Gasteiger partial charge in [-0.25, -0.2) is 0 Å². The van der Waals surface area contributed by atoms with E-state index >= 15 is 0 Å². The summed E-state index contributed by atoms with van der Waals surface area (Å²) in [4.78, 5) is 23.6. The van der Waals surface area contributed by atoms with Gasteiger partial charge < -0.3 is 64.7 Å². The van der Waals surface area contributed by atoms with Gasteiger partial charge >= 0.3 is 0 Å². The number of aliphatic hydroxyl groups is 1. The lowest BCUT2D eigenvalue weighted by molar-refractivity contribution is -0.122. The first-order valence-electron chi connectivity index (χ1n) is 25.5. The van der Waals surface area contributed by atoms with Crippen molar-refractivity contribution in [2.75, 3.05) is 113 Å². The van der Waals surface area contributed by atoms with Crippen LogP contribution in [0.2, 0.25) is 0 Å². The number of hydrogen-bond donors (Lipinski definition) is 5. The lowest BCUT2D eigenvalue weighted by atomic mass is 10.1. The molecule has 6 N–H and O–H groups in total. The monoisotopic (exact) mass is 1010 g/mol. The molecule has 2 amide bonds. The van der Waals surface area contributed by atoms with Crippen LogP contribution in [0.5, 0.6) is 11.5 Å². The molecule has 0 unspecified atom stereocenters. The zero-order valence-electron chi connectivity index (χ0n) is 43.1. The third-order valence-corrected chi connectivity index (χ3v) is 10.5. The highest BCUT2D eigenvalue weighted by Crippen LogP contribution is 2.30. The SMILES string of the molecule is CO.NCCOCCOCCOCCNC(=O)CCCc1ccccc1.O=C(CCCc1ccccc1)NCCOCCOCCOCCNCc1ccc(OCc2ccccc2)c(OCc2ccccc2)c1. The number of benzene rings is 5. The summed E-state index contributed by atoms with van der Waals surface area (Å²) in [6.45, 7) is 10.2. The maximum Gasteiger partial charge on any atom is 0.220 e. The van der Waals surface area contributed by atoms with Gasteiger partial charge in [-0.15, -0.1) is 0 Å². The molecule has 0 aliphatic carbocycles. The van der Waals surface area contributed by atoms with E-state index in [2.05, 4.69) is 46.3 Å².